The van der Waals surface area contributed by atoms with Gasteiger partial charge in [0.15, 0.2) is 0 Å². The van der Waals surface area contributed by atoms with Gasteiger partial charge in [-0.25, -0.2) is 0 Å². The largest absolute Gasteiger partial charge is 0.492 e. The van der Waals surface area contributed by atoms with Gasteiger partial charge in [-0.15, -0.1) is 0 Å². The molecule has 0 bridgehead atoms. The van der Waals surface area contributed by atoms with Crippen molar-refractivity contribution in [2.24, 2.45) is 5.92 Å². The Bertz CT molecular complexity index is 416. The summed E-state index contributed by atoms with van der Waals surface area (Å²) in [6.07, 6.45) is 0.597. The molecule has 1 atom stereocenters. The first kappa shape index (κ1) is 14.8. The van der Waals surface area contributed by atoms with Gasteiger partial charge < -0.3 is 9.84 Å². The Kier molecular flexibility index (Phi) is 5.48. The average Bonchev–Trinajstić information content (AvgIpc) is 2.28. The predicted octanol–water partition coefficient (Wildman–Crippen LogP) is 3.95. The number of ether oxygens (including phenoxy) is 1. The zero-order valence-corrected chi connectivity index (χ0v) is 11.7. The van der Waals surface area contributed by atoms with Crippen molar-refractivity contribution in [3.05, 3.63) is 28.8 Å². The van der Waals surface area contributed by atoms with Crippen LogP contribution in [-0.2, 0) is 4.79 Å². The second kappa shape index (κ2) is 6.64. The summed E-state index contributed by atoms with van der Waals surface area (Å²) >= 11 is 6.08. The van der Waals surface area contributed by atoms with E-state index in [1.54, 1.807) is 18.2 Å². The predicted molar refractivity (Wildman–Crippen MR) is 72.5 cm³/mol. The van der Waals surface area contributed by atoms with Gasteiger partial charge in [-0.1, -0.05) is 31.5 Å². The SMILES string of the molecule is CCOc1ccc(C(CC(C)C)C(=O)O)cc1Cl. The van der Waals surface area contributed by atoms with E-state index < -0.39 is 11.9 Å². The smallest absolute Gasteiger partial charge is 0.310 e. The molecule has 1 N–H and O–H groups in total. The van der Waals surface area contributed by atoms with Crippen LogP contribution in [0, 0.1) is 5.92 Å². The van der Waals surface area contributed by atoms with Crippen molar-refractivity contribution < 1.29 is 14.6 Å². The minimum atomic E-state index is -0.816. The first-order chi connectivity index (χ1) is 8.45. The lowest BCUT2D eigenvalue weighted by Crippen LogP contribution is -2.14. The van der Waals surface area contributed by atoms with Gasteiger partial charge in [0.25, 0.3) is 0 Å². The van der Waals surface area contributed by atoms with E-state index in [0.717, 1.165) is 5.56 Å². The van der Waals surface area contributed by atoms with E-state index in [9.17, 15) is 9.90 Å². The molecule has 4 heteroatoms. The molecule has 0 radical (unpaired) electrons. The molecule has 1 rings (SSSR count). The zero-order chi connectivity index (χ0) is 13.7. The van der Waals surface area contributed by atoms with E-state index in [4.69, 9.17) is 16.3 Å². The molecule has 0 aliphatic rings. The molecule has 0 aliphatic carbocycles. The van der Waals surface area contributed by atoms with Crippen LogP contribution in [0.1, 0.15) is 38.7 Å². The average molecular weight is 271 g/mol. The number of benzene rings is 1. The highest BCUT2D eigenvalue weighted by Crippen LogP contribution is 2.31. The highest BCUT2D eigenvalue weighted by atomic mass is 35.5. The fourth-order valence-electron chi connectivity index (χ4n) is 1.86. The van der Waals surface area contributed by atoms with Crippen LogP contribution in [0.5, 0.6) is 5.75 Å². The zero-order valence-electron chi connectivity index (χ0n) is 10.9. The van der Waals surface area contributed by atoms with Crippen LogP contribution in [0.2, 0.25) is 5.02 Å². The van der Waals surface area contributed by atoms with Crippen molar-refractivity contribution in [2.45, 2.75) is 33.1 Å². The number of rotatable bonds is 6. The van der Waals surface area contributed by atoms with Gasteiger partial charge in [0.2, 0.25) is 0 Å². The minimum Gasteiger partial charge on any atom is -0.492 e. The van der Waals surface area contributed by atoms with Gasteiger partial charge in [-0.05, 0) is 37.0 Å². The molecule has 0 saturated heterocycles. The molecule has 18 heavy (non-hydrogen) atoms. The van der Waals surface area contributed by atoms with E-state index in [0.29, 0.717) is 29.7 Å². The van der Waals surface area contributed by atoms with Crippen molar-refractivity contribution in [3.8, 4) is 5.75 Å². The Hall–Kier alpha value is -1.22. The Morgan fingerprint density at radius 3 is 2.56 bits per heavy atom. The fourth-order valence-corrected chi connectivity index (χ4v) is 2.10. The van der Waals surface area contributed by atoms with E-state index >= 15 is 0 Å². The summed E-state index contributed by atoms with van der Waals surface area (Å²) in [5, 5.41) is 9.73. The van der Waals surface area contributed by atoms with Gasteiger partial charge in [0.05, 0.1) is 17.5 Å². The molecule has 1 unspecified atom stereocenters. The third kappa shape index (κ3) is 3.91. The van der Waals surface area contributed by atoms with Crippen molar-refractivity contribution in [1.29, 1.82) is 0 Å². The Morgan fingerprint density at radius 1 is 1.44 bits per heavy atom. The number of hydrogen-bond donors (Lipinski definition) is 1. The van der Waals surface area contributed by atoms with Gasteiger partial charge in [-0.3, -0.25) is 4.79 Å². The number of carboxylic acid groups (broad SMARTS) is 1. The van der Waals surface area contributed by atoms with Crippen LogP contribution in [0.15, 0.2) is 18.2 Å². The summed E-state index contributed by atoms with van der Waals surface area (Å²) in [6.45, 7) is 6.43. The molecule has 0 fully saturated rings. The van der Waals surface area contributed by atoms with E-state index in [-0.39, 0.29) is 0 Å². The van der Waals surface area contributed by atoms with Crippen LogP contribution in [0.25, 0.3) is 0 Å². The van der Waals surface area contributed by atoms with Crippen molar-refractivity contribution in [1.82, 2.24) is 0 Å². The number of carbonyl (C=O) groups is 1. The molecule has 0 spiro atoms. The summed E-state index contributed by atoms with van der Waals surface area (Å²) in [7, 11) is 0. The third-order valence-electron chi connectivity index (χ3n) is 2.66. The van der Waals surface area contributed by atoms with E-state index in [2.05, 4.69) is 0 Å². The molecule has 1 aromatic rings. The first-order valence-electron chi connectivity index (χ1n) is 6.10. The van der Waals surface area contributed by atoms with E-state index in [1.165, 1.54) is 0 Å². The summed E-state index contributed by atoms with van der Waals surface area (Å²) in [6, 6.07) is 5.20. The summed E-state index contributed by atoms with van der Waals surface area (Å²) in [5.74, 6) is -0.421. The standard InChI is InChI=1S/C14H19ClO3/c1-4-18-13-6-5-10(8-12(13)15)11(14(16)17)7-9(2)3/h5-6,8-9,11H,4,7H2,1-3H3,(H,16,17). The molecule has 0 saturated carbocycles. The van der Waals surface area contributed by atoms with Crippen LogP contribution in [-0.4, -0.2) is 17.7 Å². The molecular formula is C14H19ClO3. The fraction of sp³-hybridized carbons (Fsp3) is 0.500. The minimum absolute atomic E-state index is 0.316. The van der Waals surface area contributed by atoms with Crippen molar-refractivity contribution in [2.75, 3.05) is 6.61 Å². The lowest BCUT2D eigenvalue weighted by Gasteiger charge is -2.16. The summed E-state index contributed by atoms with van der Waals surface area (Å²) in [5.41, 5.74) is 0.727. The van der Waals surface area contributed by atoms with Gasteiger partial charge >= 0.3 is 5.97 Å². The van der Waals surface area contributed by atoms with Crippen molar-refractivity contribution >= 4 is 17.6 Å². The van der Waals surface area contributed by atoms with E-state index in [1.807, 2.05) is 20.8 Å². The van der Waals surface area contributed by atoms with Crippen LogP contribution in [0.3, 0.4) is 0 Å². The molecule has 100 valence electrons. The normalized spacial score (nSPS) is 12.5. The van der Waals surface area contributed by atoms with Gasteiger partial charge in [0, 0.05) is 0 Å². The van der Waals surface area contributed by atoms with Gasteiger partial charge in [-0.2, -0.15) is 0 Å². The second-order valence-electron chi connectivity index (χ2n) is 4.64. The highest BCUT2D eigenvalue weighted by Gasteiger charge is 2.21. The maximum atomic E-state index is 11.3. The lowest BCUT2D eigenvalue weighted by atomic mass is 9.90. The maximum absolute atomic E-state index is 11.3. The number of hydrogen-bond acceptors (Lipinski definition) is 2. The lowest BCUT2D eigenvalue weighted by molar-refractivity contribution is -0.139. The Labute approximate surface area is 113 Å². The molecule has 3 nitrogen and oxygen atoms in total. The third-order valence-corrected chi connectivity index (χ3v) is 2.96. The molecule has 0 heterocycles. The monoisotopic (exact) mass is 270 g/mol. The second-order valence-corrected chi connectivity index (χ2v) is 5.05. The molecule has 1 aromatic carbocycles. The summed E-state index contributed by atoms with van der Waals surface area (Å²) < 4.78 is 5.33. The highest BCUT2D eigenvalue weighted by molar-refractivity contribution is 6.32. The molecule has 0 aromatic heterocycles. The molecular weight excluding hydrogens is 252 g/mol. The number of aliphatic carboxylic acids is 1. The maximum Gasteiger partial charge on any atom is 0.310 e. The van der Waals surface area contributed by atoms with Crippen LogP contribution >= 0.6 is 11.6 Å². The number of halogens is 1. The van der Waals surface area contributed by atoms with Crippen molar-refractivity contribution in [3.63, 3.8) is 0 Å². The Balaban J connectivity index is 2.99. The van der Waals surface area contributed by atoms with Crippen LogP contribution < -0.4 is 4.74 Å². The van der Waals surface area contributed by atoms with Gasteiger partial charge in [0.1, 0.15) is 5.75 Å². The first-order valence-corrected chi connectivity index (χ1v) is 6.48. The molecule has 0 aliphatic heterocycles. The topological polar surface area (TPSA) is 46.5 Å². The summed E-state index contributed by atoms with van der Waals surface area (Å²) in [4.78, 5) is 11.3. The molecule has 0 amide bonds. The quantitative estimate of drug-likeness (QED) is 0.851. The Morgan fingerprint density at radius 2 is 2.11 bits per heavy atom. The van der Waals surface area contributed by atoms with Crippen LogP contribution in [0.4, 0.5) is 0 Å². The number of carboxylic acids is 1.